The van der Waals surface area contributed by atoms with Gasteiger partial charge in [-0.15, -0.1) is 0 Å². The van der Waals surface area contributed by atoms with Crippen LogP contribution in [-0.2, 0) is 0 Å². The van der Waals surface area contributed by atoms with Crippen LogP contribution in [0.3, 0.4) is 0 Å². The topological polar surface area (TPSA) is 41.3 Å². The highest BCUT2D eigenvalue weighted by atomic mass is 35.5. The lowest BCUT2D eigenvalue weighted by atomic mass is 10.0. The fraction of sp³-hybridized carbons (Fsp3) is 0.538. The molecular formula is C13H22ClN3. The first-order chi connectivity index (χ1) is 7.90. The predicted octanol–water partition coefficient (Wildman–Crippen LogP) is 2.92. The molecule has 0 aliphatic heterocycles. The van der Waals surface area contributed by atoms with E-state index in [0.717, 1.165) is 12.2 Å². The lowest BCUT2D eigenvalue weighted by Gasteiger charge is -2.27. The van der Waals surface area contributed by atoms with Crippen LogP contribution >= 0.6 is 11.6 Å². The number of anilines is 2. The van der Waals surface area contributed by atoms with Gasteiger partial charge >= 0.3 is 0 Å². The van der Waals surface area contributed by atoms with Gasteiger partial charge in [0.25, 0.3) is 0 Å². The van der Waals surface area contributed by atoms with Crippen LogP contribution in [0.5, 0.6) is 0 Å². The van der Waals surface area contributed by atoms with Crippen LogP contribution in [0.1, 0.15) is 13.8 Å². The van der Waals surface area contributed by atoms with E-state index in [-0.39, 0.29) is 0 Å². The first kappa shape index (κ1) is 14.1. The second kappa shape index (κ2) is 6.12. The maximum atomic E-state index is 5.94. The SMILES string of the molecule is CC(C)C(CN(C)C)Nc1ccc(Cl)cc1N. The van der Waals surface area contributed by atoms with Crippen molar-refractivity contribution in [3.8, 4) is 0 Å². The third-order valence-corrected chi connectivity index (χ3v) is 2.96. The smallest absolute Gasteiger partial charge is 0.0577 e. The number of nitrogens with zero attached hydrogens (tertiary/aromatic N) is 1. The van der Waals surface area contributed by atoms with Gasteiger partial charge in [0, 0.05) is 17.6 Å². The van der Waals surface area contributed by atoms with Crippen LogP contribution in [0, 0.1) is 5.92 Å². The van der Waals surface area contributed by atoms with Crippen LogP contribution in [0.25, 0.3) is 0 Å². The lowest BCUT2D eigenvalue weighted by Crippen LogP contribution is -2.36. The maximum Gasteiger partial charge on any atom is 0.0577 e. The Morgan fingerprint density at radius 3 is 2.47 bits per heavy atom. The normalized spacial score (nSPS) is 13.1. The minimum absolute atomic E-state index is 0.369. The number of hydrogen-bond donors (Lipinski definition) is 2. The van der Waals surface area contributed by atoms with Gasteiger partial charge < -0.3 is 16.0 Å². The van der Waals surface area contributed by atoms with Crippen LogP contribution < -0.4 is 11.1 Å². The molecule has 1 aromatic carbocycles. The number of hydrogen-bond acceptors (Lipinski definition) is 3. The van der Waals surface area contributed by atoms with E-state index in [4.69, 9.17) is 17.3 Å². The number of likely N-dealkylation sites (N-methyl/N-ethyl adjacent to an activating group) is 1. The lowest BCUT2D eigenvalue weighted by molar-refractivity contribution is 0.344. The Labute approximate surface area is 109 Å². The zero-order valence-corrected chi connectivity index (χ0v) is 11.8. The second-order valence-corrected chi connectivity index (χ2v) is 5.43. The molecule has 0 heterocycles. The molecule has 0 aliphatic carbocycles. The number of halogens is 1. The van der Waals surface area contributed by atoms with Crippen LogP contribution in [-0.4, -0.2) is 31.6 Å². The molecule has 0 aliphatic rings. The molecule has 96 valence electrons. The van der Waals surface area contributed by atoms with Crippen molar-refractivity contribution in [1.82, 2.24) is 4.90 Å². The molecule has 4 heteroatoms. The number of nitrogens with one attached hydrogen (secondary N) is 1. The van der Waals surface area contributed by atoms with Crippen molar-refractivity contribution in [2.24, 2.45) is 5.92 Å². The Balaban J connectivity index is 2.78. The first-order valence-electron chi connectivity index (χ1n) is 5.86. The number of nitrogen functional groups attached to an aromatic ring is 1. The fourth-order valence-electron chi connectivity index (χ4n) is 1.68. The van der Waals surface area contributed by atoms with Gasteiger partial charge in [0.05, 0.1) is 11.4 Å². The molecule has 0 saturated heterocycles. The van der Waals surface area contributed by atoms with Gasteiger partial charge in [0.15, 0.2) is 0 Å². The van der Waals surface area contributed by atoms with E-state index < -0.39 is 0 Å². The van der Waals surface area contributed by atoms with Crippen LogP contribution in [0.4, 0.5) is 11.4 Å². The summed E-state index contributed by atoms with van der Waals surface area (Å²) in [5, 5.41) is 4.15. The molecule has 1 unspecified atom stereocenters. The van der Waals surface area contributed by atoms with Gasteiger partial charge in [-0.25, -0.2) is 0 Å². The van der Waals surface area contributed by atoms with Gasteiger partial charge in [0.2, 0.25) is 0 Å². The van der Waals surface area contributed by atoms with E-state index in [9.17, 15) is 0 Å². The molecule has 1 rings (SSSR count). The zero-order valence-electron chi connectivity index (χ0n) is 11.0. The molecule has 3 nitrogen and oxygen atoms in total. The molecule has 1 atom stereocenters. The van der Waals surface area contributed by atoms with E-state index in [1.54, 1.807) is 6.07 Å². The zero-order chi connectivity index (χ0) is 13.0. The van der Waals surface area contributed by atoms with Gasteiger partial charge in [-0.2, -0.15) is 0 Å². The van der Waals surface area contributed by atoms with Crippen molar-refractivity contribution in [1.29, 1.82) is 0 Å². The van der Waals surface area contributed by atoms with Crippen molar-refractivity contribution in [3.05, 3.63) is 23.2 Å². The molecule has 0 fully saturated rings. The Morgan fingerprint density at radius 1 is 1.35 bits per heavy atom. The third-order valence-electron chi connectivity index (χ3n) is 2.72. The predicted molar refractivity (Wildman–Crippen MR) is 76.7 cm³/mol. The summed E-state index contributed by atoms with van der Waals surface area (Å²) in [7, 11) is 4.14. The largest absolute Gasteiger partial charge is 0.397 e. The van der Waals surface area contributed by atoms with E-state index in [0.29, 0.717) is 22.7 Å². The van der Waals surface area contributed by atoms with E-state index in [1.807, 2.05) is 12.1 Å². The maximum absolute atomic E-state index is 5.94. The number of rotatable bonds is 5. The Morgan fingerprint density at radius 2 is 2.00 bits per heavy atom. The van der Waals surface area contributed by atoms with Crippen molar-refractivity contribution in [2.75, 3.05) is 31.7 Å². The molecular weight excluding hydrogens is 234 g/mol. The van der Waals surface area contributed by atoms with Crippen molar-refractivity contribution < 1.29 is 0 Å². The Bertz CT molecular complexity index is 364. The summed E-state index contributed by atoms with van der Waals surface area (Å²) in [6.45, 7) is 5.38. The van der Waals surface area contributed by atoms with E-state index >= 15 is 0 Å². The average molecular weight is 256 g/mol. The van der Waals surface area contributed by atoms with E-state index in [1.165, 1.54) is 0 Å². The molecule has 17 heavy (non-hydrogen) atoms. The summed E-state index contributed by atoms with van der Waals surface area (Å²) < 4.78 is 0. The minimum atomic E-state index is 0.369. The summed E-state index contributed by atoms with van der Waals surface area (Å²) >= 11 is 5.88. The van der Waals surface area contributed by atoms with Crippen molar-refractivity contribution >= 4 is 23.0 Å². The van der Waals surface area contributed by atoms with Crippen LogP contribution in [0.15, 0.2) is 18.2 Å². The third kappa shape index (κ3) is 4.44. The minimum Gasteiger partial charge on any atom is -0.397 e. The van der Waals surface area contributed by atoms with Gasteiger partial charge in [-0.05, 0) is 38.2 Å². The molecule has 0 saturated carbocycles. The highest BCUT2D eigenvalue weighted by Crippen LogP contribution is 2.24. The molecule has 1 aromatic rings. The van der Waals surface area contributed by atoms with Crippen LogP contribution in [0.2, 0.25) is 5.02 Å². The van der Waals surface area contributed by atoms with Gasteiger partial charge in [-0.1, -0.05) is 25.4 Å². The standard InChI is InChI=1S/C13H22ClN3/c1-9(2)13(8-17(3)4)16-12-6-5-10(14)7-11(12)15/h5-7,9,13,16H,8,15H2,1-4H3. The summed E-state index contributed by atoms with van der Waals surface area (Å²) in [5.74, 6) is 0.535. The Hall–Kier alpha value is -0.930. The quantitative estimate of drug-likeness (QED) is 0.795. The monoisotopic (exact) mass is 255 g/mol. The number of nitrogens with two attached hydrogens (primary N) is 1. The van der Waals surface area contributed by atoms with Crippen molar-refractivity contribution in [2.45, 2.75) is 19.9 Å². The highest BCUT2D eigenvalue weighted by Gasteiger charge is 2.15. The van der Waals surface area contributed by atoms with Gasteiger partial charge in [0.1, 0.15) is 0 Å². The van der Waals surface area contributed by atoms with Gasteiger partial charge in [-0.3, -0.25) is 0 Å². The summed E-state index contributed by atoms with van der Waals surface area (Å²) in [6, 6.07) is 5.93. The van der Waals surface area contributed by atoms with E-state index in [2.05, 4.69) is 38.2 Å². The highest BCUT2D eigenvalue weighted by molar-refractivity contribution is 6.31. The van der Waals surface area contributed by atoms with Crippen molar-refractivity contribution in [3.63, 3.8) is 0 Å². The molecule has 0 spiro atoms. The summed E-state index contributed by atoms with van der Waals surface area (Å²) in [4.78, 5) is 2.17. The number of benzene rings is 1. The Kier molecular flexibility index (Phi) is 5.09. The molecule has 3 N–H and O–H groups in total. The molecule has 0 bridgehead atoms. The second-order valence-electron chi connectivity index (χ2n) is 4.99. The molecule has 0 aromatic heterocycles. The first-order valence-corrected chi connectivity index (χ1v) is 6.24. The molecule has 0 amide bonds. The molecule has 0 radical (unpaired) electrons. The fourth-order valence-corrected chi connectivity index (χ4v) is 1.86. The summed E-state index contributed by atoms with van der Waals surface area (Å²) in [6.07, 6.45) is 0. The average Bonchev–Trinajstić information content (AvgIpc) is 2.19. The summed E-state index contributed by atoms with van der Waals surface area (Å²) in [5.41, 5.74) is 7.59.